The number of amides is 1. The van der Waals surface area contributed by atoms with Crippen LogP contribution in [0, 0.1) is 5.92 Å². The zero-order valence-corrected chi connectivity index (χ0v) is 20.1. The summed E-state index contributed by atoms with van der Waals surface area (Å²) in [5.74, 6) is 1.38. The molecule has 1 aliphatic carbocycles. The summed E-state index contributed by atoms with van der Waals surface area (Å²) in [7, 11) is 0. The Morgan fingerprint density at radius 2 is 2.06 bits per heavy atom. The number of imidazole rings is 1. The number of nitrogens with zero attached hydrogens (tertiary/aromatic N) is 5. The van der Waals surface area contributed by atoms with Crippen LogP contribution in [-0.2, 0) is 19.5 Å². The van der Waals surface area contributed by atoms with Gasteiger partial charge in [0.05, 0.1) is 29.3 Å². The number of rotatable bonds is 7. The van der Waals surface area contributed by atoms with Gasteiger partial charge in [0.15, 0.2) is 0 Å². The first kappa shape index (κ1) is 22.8. The molecule has 1 N–H and O–H groups in total. The summed E-state index contributed by atoms with van der Waals surface area (Å²) in [6.07, 6.45) is 7.59. The monoisotopic (exact) mass is 461 g/mol. The third kappa shape index (κ3) is 4.67. The molecule has 1 fully saturated rings. The highest BCUT2D eigenvalue weighted by atomic mass is 16.4. The molecule has 2 aliphatic rings. The minimum absolute atomic E-state index is 0.304. The Hall–Kier alpha value is -2.93. The second-order valence-corrected chi connectivity index (χ2v) is 9.79. The lowest BCUT2D eigenvalue weighted by molar-refractivity contribution is 0.115. The van der Waals surface area contributed by atoms with Crippen molar-refractivity contribution in [1.82, 2.24) is 24.3 Å². The Labute approximate surface area is 201 Å². The number of pyridine rings is 1. The molecule has 0 spiro atoms. The molecular weight excluding hydrogens is 426 g/mol. The van der Waals surface area contributed by atoms with Gasteiger partial charge in [-0.1, -0.05) is 25.1 Å². The van der Waals surface area contributed by atoms with Crippen LogP contribution in [0.3, 0.4) is 0 Å². The summed E-state index contributed by atoms with van der Waals surface area (Å²) in [6, 6.07) is 12.9. The zero-order valence-electron chi connectivity index (χ0n) is 20.1. The number of hydrogen-bond acceptors (Lipinski definition) is 4. The molecule has 34 heavy (non-hydrogen) atoms. The fourth-order valence-corrected chi connectivity index (χ4v) is 5.85. The van der Waals surface area contributed by atoms with Crippen LogP contribution in [0.1, 0.15) is 62.2 Å². The van der Waals surface area contributed by atoms with Crippen LogP contribution in [0.4, 0.5) is 4.79 Å². The van der Waals surface area contributed by atoms with E-state index in [0.29, 0.717) is 25.0 Å². The third-order valence-electron chi connectivity index (χ3n) is 7.43. The van der Waals surface area contributed by atoms with Gasteiger partial charge in [-0.3, -0.25) is 9.88 Å². The quantitative estimate of drug-likeness (QED) is 0.529. The molecule has 1 aromatic carbocycles. The first-order valence-corrected chi connectivity index (χ1v) is 12.7. The lowest BCUT2D eigenvalue weighted by Crippen LogP contribution is -2.40. The van der Waals surface area contributed by atoms with E-state index in [1.54, 1.807) is 4.90 Å². The second-order valence-electron chi connectivity index (χ2n) is 9.79. The molecule has 0 saturated carbocycles. The molecule has 1 aliphatic heterocycles. The molecule has 3 heterocycles. The smallest absolute Gasteiger partial charge is 0.407 e. The molecule has 3 aromatic rings. The molecule has 2 atom stereocenters. The molecule has 1 saturated heterocycles. The van der Waals surface area contributed by atoms with E-state index in [9.17, 15) is 9.90 Å². The Morgan fingerprint density at radius 1 is 1.18 bits per heavy atom. The Bertz CT molecular complexity index is 1140. The fraction of sp³-hybridized carbons (Fsp3) is 0.519. The standard InChI is InChI=1S/C27H35N5O2/c1-2-15-30(24-13-5-9-21-10-6-14-28-26(21)24)19-25-29-22-11-3-4-12-23(22)32(25)18-20-8-7-16-31(17-20)27(33)34/h3-4,6,10-12,14,20,24H,2,5,7-9,13,15-19H2,1H3,(H,33,34)/t20-,24+/m1/s1. The number of piperidine rings is 1. The summed E-state index contributed by atoms with van der Waals surface area (Å²) in [5, 5.41) is 9.51. The van der Waals surface area contributed by atoms with Crippen molar-refractivity contribution >= 4 is 17.1 Å². The molecule has 0 bridgehead atoms. The van der Waals surface area contributed by atoms with Crippen molar-refractivity contribution in [2.45, 2.75) is 64.6 Å². The SMILES string of the molecule is CCCN(Cc1nc2ccccc2n1C[C@@H]1CCCN(C(=O)O)C1)[C@H]1CCCc2cccnc21. The minimum Gasteiger partial charge on any atom is -0.465 e. The number of para-hydroxylation sites is 2. The van der Waals surface area contributed by atoms with E-state index < -0.39 is 6.09 Å². The van der Waals surface area contributed by atoms with E-state index in [1.807, 2.05) is 12.3 Å². The van der Waals surface area contributed by atoms with Crippen LogP contribution >= 0.6 is 0 Å². The van der Waals surface area contributed by atoms with Crippen molar-refractivity contribution in [2.75, 3.05) is 19.6 Å². The third-order valence-corrected chi connectivity index (χ3v) is 7.43. The van der Waals surface area contributed by atoms with Crippen molar-refractivity contribution in [1.29, 1.82) is 0 Å². The molecule has 7 heteroatoms. The molecule has 7 nitrogen and oxygen atoms in total. The van der Waals surface area contributed by atoms with Gasteiger partial charge in [-0.05, 0) is 74.8 Å². The molecule has 180 valence electrons. The van der Waals surface area contributed by atoms with E-state index in [0.717, 1.165) is 68.6 Å². The number of aryl methyl sites for hydroxylation is 1. The normalized spacial score (nSPS) is 20.6. The summed E-state index contributed by atoms with van der Waals surface area (Å²) in [5.41, 5.74) is 4.77. The number of likely N-dealkylation sites (tertiary alicyclic amines) is 1. The van der Waals surface area contributed by atoms with Crippen molar-refractivity contribution in [3.63, 3.8) is 0 Å². The van der Waals surface area contributed by atoms with Crippen LogP contribution in [0.2, 0.25) is 0 Å². The predicted octanol–water partition coefficient (Wildman–Crippen LogP) is 5.11. The lowest BCUT2D eigenvalue weighted by atomic mass is 9.90. The van der Waals surface area contributed by atoms with Crippen LogP contribution in [0.5, 0.6) is 0 Å². The van der Waals surface area contributed by atoms with Gasteiger partial charge in [0.2, 0.25) is 0 Å². The predicted molar refractivity (Wildman–Crippen MR) is 133 cm³/mol. The van der Waals surface area contributed by atoms with Crippen LogP contribution in [0.15, 0.2) is 42.6 Å². The van der Waals surface area contributed by atoms with Gasteiger partial charge in [-0.2, -0.15) is 0 Å². The summed E-state index contributed by atoms with van der Waals surface area (Å²) < 4.78 is 2.36. The number of aromatic nitrogens is 3. The maximum absolute atomic E-state index is 11.6. The highest BCUT2D eigenvalue weighted by Crippen LogP contribution is 2.34. The molecule has 0 unspecified atom stereocenters. The number of carbonyl (C=O) groups is 1. The second kappa shape index (κ2) is 10.1. The van der Waals surface area contributed by atoms with E-state index in [-0.39, 0.29) is 0 Å². The Kier molecular flexibility index (Phi) is 6.81. The number of fused-ring (bicyclic) bond motifs is 2. The first-order chi connectivity index (χ1) is 16.6. The van der Waals surface area contributed by atoms with Gasteiger partial charge in [-0.15, -0.1) is 0 Å². The first-order valence-electron chi connectivity index (χ1n) is 12.7. The van der Waals surface area contributed by atoms with Crippen molar-refractivity contribution in [3.8, 4) is 0 Å². The highest BCUT2D eigenvalue weighted by molar-refractivity contribution is 5.75. The summed E-state index contributed by atoms with van der Waals surface area (Å²) in [4.78, 5) is 25.6. The summed E-state index contributed by atoms with van der Waals surface area (Å²) in [6.45, 7) is 6.06. The lowest BCUT2D eigenvalue weighted by Gasteiger charge is -2.35. The van der Waals surface area contributed by atoms with E-state index >= 15 is 0 Å². The van der Waals surface area contributed by atoms with Crippen molar-refractivity contribution in [3.05, 3.63) is 59.7 Å². The van der Waals surface area contributed by atoms with Gasteiger partial charge < -0.3 is 14.6 Å². The zero-order chi connectivity index (χ0) is 23.5. The molecule has 0 radical (unpaired) electrons. The fourth-order valence-electron chi connectivity index (χ4n) is 5.85. The highest BCUT2D eigenvalue weighted by Gasteiger charge is 2.29. The maximum Gasteiger partial charge on any atom is 0.407 e. The summed E-state index contributed by atoms with van der Waals surface area (Å²) >= 11 is 0. The minimum atomic E-state index is -0.807. The van der Waals surface area contributed by atoms with Gasteiger partial charge in [-0.25, -0.2) is 9.78 Å². The van der Waals surface area contributed by atoms with Crippen LogP contribution in [0.25, 0.3) is 11.0 Å². The van der Waals surface area contributed by atoms with Crippen molar-refractivity contribution < 1.29 is 9.90 Å². The van der Waals surface area contributed by atoms with Crippen LogP contribution in [-0.4, -0.2) is 55.2 Å². The van der Waals surface area contributed by atoms with E-state index in [4.69, 9.17) is 9.97 Å². The number of carboxylic acid groups (broad SMARTS) is 1. The van der Waals surface area contributed by atoms with Gasteiger partial charge in [0.1, 0.15) is 5.82 Å². The van der Waals surface area contributed by atoms with E-state index in [1.165, 1.54) is 17.7 Å². The molecular formula is C27H35N5O2. The Morgan fingerprint density at radius 3 is 2.91 bits per heavy atom. The average molecular weight is 462 g/mol. The van der Waals surface area contributed by atoms with E-state index in [2.05, 4.69) is 46.7 Å². The number of hydrogen-bond donors (Lipinski definition) is 1. The largest absolute Gasteiger partial charge is 0.465 e. The van der Waals surface area contributed by atoms with Gasteiger partial charge in [0.25, 0.3) is 0 Å². The maximum atomic E-state index is 11.6. The van der Waals surface area contributed by atoms with Crippen molar-refractivity contribution in [2.24, 2.45) is 5.92 Å². The van der Waals surface area contributed by atoms with Gasteiger partial charge >= 0.3 is 6.09 Å². The van der Waals surface area contributed by atoms with Crippen LogP contribution < -0.4 is 0 Å². The molecule has 1 amide bonds. The Balaban J connectivity index is 1.45. The topological polar surface area (TPSA) is 74.5 Å². The molecule has 5 rings (SSSR count). The molecule has 2 aromatic heterocycles. The average Bonchev–Trinajstić information content (AvgIpc) is 3.20. The van der Waals surface area contributed by atoms with Gasteiger partial charge in [0, 0.05) is 25.8 Å². The number of benzene rings is 1.